The van der Waals surface area contributed by atoms with Gasteiger partial charge in [-0.2, -0.15) is 0 Å². The number of rotatable bonds is 3. The summed E-state index contributed by atoms with van der Waals surface area (Å²) in [7, 11) is 0. The third kappa shape index (κ3) is 5.22. The molecule has 114 valence electrons. The van der Waals surface area contributed by atoms with Crippen molar-refractivity contribution in [3.05, 3.63) is 52.6 Å². The second kappa shape index (κ2) is 6.75. The van der Waals surface area contributed by atoms with Crippen LogP contribution in [0.4, 0.5) is 0 Å². The number of hydrogen-bond acceptors (Lipinski definition) is 2. The zero-order valence-corrected chi connectivity index (χ0v) is 14.2. The Bertz CT molecular complexity index is 559. The van der Waals surface area contributed by atoms with Gasteiger partial charge in [-0.3, -0.25) is 0 Å². The van der Waals surface area contributed by atoms with Crippen LogP contribution in [0.2, 0.25) is 0 Å². The molecular weight excluding hydrogens is 260 g/mol. The lowest BCUT2D eigenvalue weighted by atomic mass is 9.87. The van der Waals surface area contributed by atoms with Gasteiger partial charge in [-0.15, -0.1) is 0 Å². The molecule has 0 fully saturated rings. The van der Waals surface area contributed by atoms with E-state index in [-0.39, 0.29) is 11.4 Å². The first kappa shape index (κ1) is 17.2. The molecule has 0 bridgehead atoms. The highest BCUT2D eigenvalue weighted by atomic mass is 16.5. The van der Waals surface area contributed by atoms with Crippen LogP contribution in [0.3, 0.4) is 0 Å². The highest BCUT2D eigenvalue weighted by Crippen LogP contribution is 2.24. The second-order valence-corrected chi connectivity index (χ2v) is 6.80. The molecule has 0 heterocycles. The van der Waals surface area contributed by atoms with Gasteiger partial charge in [0.15, 0.2) is 0 Å². The Hall–Kier alpha value is -1.83. The van der Waals surface area contributed by atoms with E-state index in [4.69, 9.17) is 4.74 Å². The zero-order chi connectivity index (χ0) is 16.2. The van der Waals surface area contributed by atoms with Gasteiger partial charge in [0.25, 0.3) is 0 Å². The molecule has 2 nitrogen and oxygen atoms in total. The van der Waals surface area contributed by atoms with Crippen LogP contribution in [0, 0.1) is 0 Å². The van der Waals surface area contributed by atoms with E-state index in [9.17, 15) is 4.79 Å². The summed E-state index contributed by atoms with van der Waals surface area (Å²) in [4.78, 5) is 12.2. The van der Waals surface area contributed by atoms with E-state index in [1.54, 1.807) is 0 Å². The fourth-order valence-electron chi connectivity index (χ4n) is 1.88. The minimum absolute atomic E-state index is 0.0929. The predicted octanol–water partition coefficient (Wildman–Crippen LogP) is 5.19. The van der Waals surface area contributed by atoms with Crippen molar-refractivity contribution in [1.29, 1.82) is 0 Å². The summed E-state index contributed by atoms with van der Waals surface area (Å²) in [5.41, 5.74) is 3.96. The topological polar surface area (TPSA) is 26.3 Å². The maximum absolute atomic E-state index is 12.2. The molecule has 0 atom stereocenters. The Balaban J connectivity index is 2.93. The predicted molar refractivity (Wildman–Crippen MR) is 88.6 cm³/mol. The Morgan fingerprint density at radius 2 is 1.52 bits per heavy atom. The minimum Gasteiger partial charge on any atom is -0.423 e. The summed E-state index contributed by atoms with van der Waals surface area (Å²) in [6, 6.07) is 7.71. The summed E-state index contributed by atoms with van der Waals surface area (Å²) in [6.07, 6.45) is 1.86. The average molecular weight is 286 g/mol. The Kier molecular flexibility index (Phi) is 5.54. The molecule has 0 N–H and O–H groups in total. The van der Waals surface area contributed by atoms with Crippen molar-refractivity contribution in [1.82, 2.24) is 0 Å². The van der Waals surface area contributed by atoms with Gasteiger partial charge < -0.3 is 4.74 Å². The normalized spacial score (nSPS) is 10.8. The summed E-state index contributed by atoms with van der Waals surface area (Å²) < 4.78 is 5.46. The van der Waals surface area contributed by atoms with Crippen LogP contribution in [0.25, 0.3) is 0 Å². The molecule has 0 aliphatic heterocycles. The first-order valence-corrected chi connectivity index (χ1v) is 7.26. The largest absolute Gasteiger partial charge is 0.423 e. The SMILES string of the molecule is CC(C)=CC(C(=O)Oc1ccc(C(C)(C)C)cc1)=C(C)C. The fraction of sp³-hybridized carbons (Fsp3) is 0.421. The minimum atomic E-state index is -0.306. The highest BCUT2D eigenvalue weighted by molar-refractivity contribution is 5.94. The summed E-state index contributed by atoms with van der Waals surface area (Å²) in [6.45, 7) is 14.2. The van der Waals surface area contributed by atoms with Gasteiger partial charge in [0, 0.05) is 0 Å². The van der Waals surface area contributed by atoms with Crippen molar-refractivity contribution in [3.8, 4) is 5.75 Å². The number of benzene rings is 1. The van der Waals surface area contributed by atoms with E-state index >= 15 is 0 Å². The van der Waals surface area contributed by atoms with Crippen LogP contribution in [0.15, 0.2) is 47.1 Å². The fourth-order valence-corrected chi connectivity index (χ4v) is 1.88. The van der Waals surface area contributed by atoms with Crippen LogP contribution in [0.5, 0.6) is 5.75 Å². The van der Waals surface area contributed by atoms with E-state index in [2.05, 4.69) is 20.8 Å². The number of hydrogen-bond donors (Lipinski definition) is 0. The van der Waals surface area contributed by atoms with Gasteiger partial charge in [-0.1, -0.05) is 44.1 Å². The maximum atomic E-state index is 12.2. The Morgan fingerprint density at radius 3 is 1.90 bits per heavy atom. The molecule has 0 unspecified atom stereocenters. The van der Waals surface area contributed by atoms with Crippen LogP contribution < -0.4 is 4.74 Å². The molecular formula is C19H26O2. The molecule has 0 saturated heterocycles. The van der Waals surface area contributed by atoms with Gasteiger partial charge >= 0.3 is 5.97 Å². The van der Waals surface area contributed by atoms with Crippen LogP contribution >= 0.6 is 0 Å². The molecule has 0 aliphatic carbocycles. The van der Waals surface area contributed by atoms with E-state index < -0.39 is 0 Å². The lowest BCUT2D eigenvalue weighted by Crippen LogP contribution is -2.13. The third-order valence-electron chi connectivity index (χ3n) is 3.12. The highest BCUT2D eigenvalue weighted by Gasteiger charge is 2.15. The molecule has 1 rings (SSSR count). The van der Waals surface area contributed by atoms with E-state index in [0.717, 1.165) is 11.1 Å². The Labute approximate surface area is 128 Å². The van der Waals surface area contributed by atoms with Crippen molar-refractivity contribution in [2.24, 2.45) is 0 Å². The second-order valence-electron chi connectivity index (χ2n) is 6.80. The number of ether oxygens (including phenoxy) is 1. The van der Waals surface area contributed by atoms with Crippen molar-refractivity contribution >= 4 is 5.97 Å². The van der Waals surface area contributed by atoms with Gasteiger partial charge in [0.05, 0.1) is 5.57 Å². The number of carbonyl (C=O) groups excluding carboxylic acids is 1. The summed E-state index contributed by atoms with van der Waals surface area (Å²) >= 11 is 0. The van der Waals surface area contributed by atoms with Crippen LogP contribution in [0.1, 0.15) is 54.0 Å². The third-order valence-corrected chi connectivity index (χ3v) is 3.12. The standard InChI is InChI=1S/C19H26O2/c1-13(2)12-17(14(3)4)18(20)21-16-10-8-15(9-11-16)19(5,6)7/h8-12H,1-7H3. The van der Waals surface area contributed by atoms with Crippen LogP contribution in [-0.4, -0.2) is 5.97 Å². The van der Waals surface area contributed by atoms with E-state index in [1.165, 1.54) is 5.56 Å². The van der Waals surface area contributed by atoms with Gasteiger partial charge in [-0.05, 0) is 56.9 Å². The molecule has 0 spiro atoms. The van der Waals surface area contributed by atoms with Gasteiger partial charge in [0.1, 0.15) is 5.75 Å². The molecule has 0 aliphatic rings. The molecule has 21 heavy (non-hydrogen) atoms. The quantitative estimate of drug-likeness (QED) is 0.331. The van der Waals surface area contributed by atoms with E-state index in [1.807, 2.05) is 58.0 Å². The summed E-state index contributed by atoms with van der Waals surface area (Å²) in [5.74, 6) is 0.272. The van der Waals surface area contributed by atoms with Crippen molar-refractivity contribution in [2.75, 3.05) is 0 Å². The lowest BCUT2D eigenvalue weighted by molar-refractivity contribution is -0.129. The number of allylic oxidation sites excluding steroid dienone is 2. The number of carbonyl (C=O) groups is 1. The molecule has 0 aromatic heterocycles. The first-order valence-electron chi connectivity index (χ1n) is 7.26. The smallest absolute Gasteiger partial charge is 0.343 e. The van der Waals surface area contributed by atoms with Gasteiger partial charge in [0.2, 0.25) is 0 Å². The van der Waals surface area contributed by atoms with Gasteiger partial charge in [-0.25, -0.2) is 4.79 Å². The lowest BCUT2D eigenvalue weighted by Gasteiger charge is -2.19. The molecule has 2 heteroatoms. The van der Waals surface area contributed by atoms with Crippen molar-refractivity contribution in [3.63, 3.8) is 0 Å². The molecule has 0 saturated carbocycles. The monoisotopic (exact) mass is 286 g/mol. The Morgan fingerprint density at radius 1 is 1.00 bits per heavy atom. The average Bonchev–Trinajstić information content (AvgIpc) is 2.34. The molecule has 1 aromatic carbocycles. The van der Waals surface area contributed by atoms with Crippen molar-refractivity contribution in [2.45, 2.75) is 53.9 Å². The molecule has 0 radical (unpaired) electrons. The molecule has 1 aromatic rings. The van der Waals surface area contributed by atoms with Crippen molar-refractivity contribution < 1.29 is 9.53 Å². The zero-order valence-electron chi connectivity index (χ0n) is 14.2. The maximum Gasteiger partial charge on any atom is 0.343 e. The van der Waals surface area contributed by atoms with E-state index in [0.29, 0.717) is 11.3 Å². The first-order chi connectivity index (χ1) is 9.61. The van der Waals surface area contributed by atoms with Crippen LogP contribution in [-0.2, 0) is 10.2 Å². The summed E-state index contributed by atoms with van der Waals surface area (Å²) in [5, 5.41) is 0. The number of esters is 1. The molecule has 0 amide bonds.